The van der Waals surface area contributed by atoms with E-state index in [0.717, 1.165) is 0 Å². The summed E-state index contributed by atoms with van der Waals surface area (Å²) in [7, 11) is 0. The second-order valence-electron chi connectivity index (χ2n) is 9.37. The first-order valence-corrected chi connectivity index (χ1v) is 10.8. The van der Waals surface area contributed by atoms with E-state index in [-0.39, 0.29) is 29.1 Å². The summed E-state index contributed by atoms with van der Waals surface area (Å²) in [6.07, 6.45) is 1.71. The molecule has 184 valence electrons. The number of hydrogen-bond acceptors (Lipinski definition) is 6. The lowest BCUT2D eigenvalue weighted by Crippen LogP contribution is -2.55. The minimum atomic E-state index is -2.98. The number of alkyl halides is 4. The first kappa shape index (κ1) is 23.9. The van der Waals surface area contributed by atoms with Crippen LogP contribution in [0.2, 0.25) is 0 Å². The second kappa shape index (κ2) is 8.53. The van der Waals surface area contributed by atoms with Crippen molar-refractivity contribution in [3.63, 3.8) is 0 Å². The molecule has 1 aliphatic rings. The Kier molecular flexibility index (Phi) is 6.00. The molecule has 0 unspecified atom stereocenters. The summed E-state index contributed by atoms with van der Waals surface area (Å²) in [5, 5.41) is 13.4. The van der Waals surface area contributed by atoms with Gasteiger partial charge in [0.05, 0.1) is 23.5 Å². The van der Waals surface area contributed by atoms with Gasteiger partial charge in [0.1, 0.15) is 11.4 Å². The maximum Gasteiger partial charge on any atom is 0.284 e. The van der Waals surface area contributed by atoms with E-state index in [2.05, 4.69) is 25.8 Å². The van der Waals surface area contributed by atoms with Crippen LogP contribution in [0.3, 0.4) is 0 Å². The number of aromatic nitrogens is 5. The van der Waals surface area contributed by atoms with E-state index in [1.54, 1.807) is 20.8 Å². The molecule has 0 aliphatic heterocycles. The number of halogens is 4. The summed E-state index contributed by atoms with van der Waals surface area (Å²) in [6, 6.07) is -0.543. The number of carbonyl (C=O) groups is 1. The maximum atomic E-state index is 14.0. The summed E-state index contributed by atoms with van der Waals surface area (Å²) in [5.41, 5.74) is 4.63. The first-order chi connectivity index (χ1) is 15.9. The Balaban J connectivity index is 1.59. The molecule has 0 aromatic carbocycles. The van der Waals surface area contributed by atoms with E-state index in [1.165, 1.54) is 33.9 Å². The van der Waals surface area contributed by atoms with Gasteiger partial charge in [-0.15, -0.1) is 0 Å². The molecule has 3 heterocycles. The Morgan fingerprint density at radius 1 is 1.32 bits per heavy atom. The van der Waals surface area contributed by atoms with Gasteiger partial charge in [0, 0.05) is 24.9 Å². The van der Waals surface area contributed by atoms with E-state index < -0.39 is 41.6 Å². The molecule has 3 aromatic rings. The minimum Gasteiger partial charge on any atom is -0.365 e. The molecule has 9 nitrogen and oxygen atoms in total. The van der Waals surface area contributed by atoms with Crippen molar-refractivity contribution < 1.29 is 22.4 Å². The molecule has 0 bridgehead atoms. The molecule has 3 aromatic heterocycles. The molecule has 0 radical (unpaired) electrons. The molecule has 34 heavy (non-hydrogen) atoms. The van der Waals surface area contributed by atoms with E-state index in [9.17, 15) is 22.4 Å². The topological polar surface area (TPSA) is 115 Å². The number of anilines is 2. The number of hydrogen-bond donors (Lipinski definition) is 3. The van der Waals surface area contributed by atoms with Crippen molar-refractivity contribution in [2.45, 2.75) is 70.0 Å². The first-order valence-electron chi connectivity index (χ1n) is 10.8. The SMILES string of the molecule is CC(C)(C)n1cc(NC(=O)c2cnn3ccc(N[C@@H]4CCCC(F)(F)[C@@H]4N)nc23)c(C(F)F)n1. The molecule has 0 saturated heterocycles. The largest absolute Gasteiger partial charge is 0.365 e. The average Bonchev–Trinajstić information content (AvgIpc) is 3.35. The highest BCUT2D eigenvalue weighted by Crippen LogP contribution is 2.34. The number of rotatable bonds is 5. The van der Waals surface area contributed by atoms with E-state index in [1.807, 2.05) is 0 Å². The molecular weight excluding hydrogens is 456 g/mol. The van der Waals surface area contributed by atoms with E-state index >= 15 is 0 Å². The zero-order valence-electron chi connectivity index (χ0n) is 18.9. The van der Waals surface area contributed by atoms with Crippen molar-refractivity contribution >= 4 is 23.1 Å². The fourth-order valence-corrected chi connectivity index (χ4v) is 3.84. The zero-order valence-corrected chi connectivity index (χ0v) is 18.9. The van der Waals surface area contributed by atoms with Gasteiger partial charge < -0.3 is 16.4 Å². The van der Waals surface area contributed by atoms with Crippen LogP contribution in [0.5, 0.6) is 0 Å². The van der Waals surface area contributed by atoms with Gasteiger partial charge in [-0.05, 0) is 39.7 Å². The van der Waals surface area contributed by atoms with Crippen LogP contribution in [0.1, 0.15) is 62.5 Å². The molecule has 4 N–H and O–H groups in total. The van der Waals surface area contributed by atoms with Crippen molar-refractivity contribution in [2.75, 3.05) is 10.6 Å². The fourth-order valence-electron chi connectivity index (χ4n) is 3.84. The highest BCUT2D eigenvalue weighted by Gasteiger charge is 2.44. The number of fused-ring (bicyclic) bond motifs is 1. The Morgan fingerprint density at radius 3 is 2.74 bits per heavy atom. The van der Waals surface area contributed by atoms with Crippen LogP contribution in [-0.2, 0) is 5.54 Å². The van der Waals surface area contributed by atoms with Crippen LogP contribution in [0.25, 0.3) is 5.65 Å². The van der Waals surface area contributed by atoms with Gasteiger partial charge in [-0.25, -0.2) is 27.1 Å². The number of amides is 1. The van der Waals surface area contributed by atoms with E-state index in [4.69, 9.17) is 5.73 Å². The highest BCUT2D eigenvalue weighted by atomic mass is 19.3. The normalized spacial score (nSPS) is 20.6. The quantitative estimate of drug-likeness (QED) is 0.477. The highest BCUT2D eigenvalue weighted by molar-refractivity contribution is 6.08. The summed E-state index contributed by atoms with van der Waals surface area (Å²) >= 11 is 0. The fraction of sp³-hybridized carbons (Fsp3) is 0.524. The predicted molar refractivity (Wildman–Crippen MR) is 117 cm³/mol. The second-order valence-corrected chi connectivity index (χ2v) is 9.37. The summed E-state index contributed by atoms with van der Waals surface area (Å²) in [5.74, 6) is -3.45. The number of carbonyl (C=O) groups excluding carboxylic acids is 1. The van der Waals surface area contributed by atoms with Gasteiger partial charge in [-0.1, -0.05) is 0 Å². The number of nitrogens with two attached hydrogens (primary N) is 1. The van der Waals surface area contributed by atoms with Gasteiger partial charge in [-0.2, -0.15) is 10.2 Å². The smallest absolute Gasteiger partial charge is 0.284 e. The lowest BCUT2D eigenvalue weighted by molar-refractivity contribution is -0.0554. The third-order valence-corrected chi connectivity index (χ3v) is 5.78. The van der Waals surface area contributed by atoms with Crippen LogP contribution in [0, 0.1) is 0 Å². The lowest BCUT2D eigenvalue weighted by atomic mass is 9.87. The van der Waals surface area contributed by atoms with Crippen LogP contribution in [0.4, 0.5) is 29.1 Å². The third-order valence-electron chi connectivity index (χ3n) is 5.78. The predicted octanol–water partition coefficient (Wildman–Crippen LogP) is 3.80. The number of nitrogens with zero attached hydrogens (tertiary/aromatic N) is 5. The minimum absolute atomic E-state index is 0.0191. The van der Waals surface area contributed by atoms with Crippen molar-refractivity contribution in [2.24, 2.45) is 5.73 Å². The average molecular weight is 482 g/mol. The standard InChI is InChI=1S/C21H26F4N8O/c1-20(2,3)33-10-13(15(31-33)17(22)23)29-19(34)11-9-27-32-8-6-14(30-18(11)32)28-12-5-4-7-21(24,25)16(12)26/h6,8-10,12,16-17H,4-5,7,26H2,1-3H3,(H,28,30)(H,29,34)/t12-,16-/m1/s1. The molecule has 4 rings (SSSR count). The summed E-state index contributed by atoms with van der Waals surface area (Å²) in [6.45, 7) is 5.37. The van der Waals surface area contributed by atoms with Crippen molar-refractivity contribution in [3.8, 4) is 0 Å². The molecule has 13 heteroatoms. The Morgan fingerprint density at radius 2 is 2.06 bits per heavy atom. The molecule has 1 saturated carbocycles. The summed E-state index contributed by atoms with van der Waals surface area (Å²) in [4.78, 5) is 17.3. The zero-order chi connectivity index (χ0) is 24.8. The Labute approximate surface area is 192 Å². The van der Waals surface area contributed by atoms with Crippen LogP contribution < -0.4 is 16.4 Å². The summed E-state index contributed by atoms with van der Waals surface area (Å²) < 4.78 is 57.7. The molecule has 0 spiro atoms. The maximum absolute atomic E-state index is 14.0. The van der Waals surface area contributed by atoms with E-state index in [0.29, 0.717) is 12.8 Å². The van der Waals surface area contributed by atoms with Crippen LogP contribution in [0.15, 0.2) is 24.7 Å². The van der Waals surface area contributed by atoms with Gasteiger partial charge in [0.2, 0.25) is 0 Å². The lowest BCUT2D eigenvalue weighted by Gasteiger charge is -2.36. The molecule has 1 amide bonds. The molecule has 1 aliphatic carbocycles. The number of nitrogens with one attached hydrogen (secondary N) is 2. The molecular formula is C21H26F4N8O. The van der Waals surface area contributed by atoms with Crippen molar-refractivity contribution in [1.82, 2.24) is 24.4 Å². The van der Waals surface area contributed by atoms with Crippen molar-refractivity contribution in [3.05, 3.63) is 35.9 Å². The van der Waals surface area contributed by atoms with Crippen molar-refractivity contribution in [1.29, 1.82) is 0 Å². The van der Waals surface area contributed by atoms with Gasteiger partial charge >= 0.3 is 0 Å². The van der Waals surface area contributed by atoms with Crippen LogP contribution >= 0.6 is 0 Å². The Bertz CT molecular complexity index is 1200. The monoisotopic (exact) mass is 482 g/mol. The molecule has 1 fully saturated rings. The van der Waals surface area contributed by atoms with Gasteiger partial charge in [0.15, 0.2) is 11.3 Å². The van der Waals surface area contributed by atoms with Gasteiger partial charge in [-0.3, -0.25) is 9.48 Å². The molecule has 2 atom stereocenters. The van der Waals surface area contributed by atoms with Gasteiger partial charge in [0.25, 0.3) is 18.3 Å². The van der Waals surface area contributed by atoms with Crippen LogP contribution in [-0.4, -0.2) is 48.3 Å². The third kappa shape index (κ3) is 4.56. The Hall–Kier alpha value is -3.22.